The van der Waals surface area contributed by atoms with Crippen LogP contribution in [0.5, 0.6) is 0 Å². The third kappa shape index (κ3) is 2.23. The number of hydrogen-bond acceptors (Lipinski definition) is 2. The summed E-state index contributed by atoms with van der Waals surface area (Å²) in [4.78, 5) is 0. The zero-order valence-electron chi connectivity index (χ0n) is 4.73. The zero-order chi connectivity index (χ0) is 5.70. The minimum absolute atomic E-state index is 0.104. The van der Waals surface area contributed by atoms with Crippen molar-refractivity contribution in [3.63, 3.8) is 0 Å². The van der Waals surface area contributed by atoms with Crippen LogP contribution in [0.25, 0.3) is 0 Å². The zero-order valence-corrected chi connectivity index (χ0v) is 4.73. The Morgan fingerprint density at radius 3 is 2.43 bits per heavy atom. The smallest absolute Gasteiger partial charge is 0.0824 e. The fourth-order valence-electron chi connectivity index (χ4n) is 0.315. The molecule has 0 spiro atoms. The van der Waals surface area contributed by atoms with Gasteiger partial charge in [0.05, 0.1) is 6.61 Å². The number of likely N-dealkylation sites (N-methyl/N-ethyl adjacent to an activating group) is 1. The quantitative estimate of drug-likeness (QED) is 0.517. The summed E-state index contributed by atoms with van der Waals surface area (Å²) in [5.74, 6) is 0. The van der Waals surface area contributed by atoms with Gasteiger partial charge in [-0.05, 0) is 6.92 Å². The van der Waals surface area contributed by atoms with Crippen LogP contribution in [0, 0.1) is 0 Å². The van der Waals surface area contributed by atoms with E-state index in [1.54, 1.807) is 7.05 Å². The first-order valence-corrected chi connectivity index (χ1v) is 2.29. The molecule has 0 saturated heterocycles. The van der Waals surface area contributed by atoms with Crippen LogP contribution >= 0.6 is 0 Å². The lowest BCUT2D eigenvalue weighted by Crippen LogP contribution is -2.08. The highest BCUT2D eigenvalue weighted by molar-refractivity contribution is 4.95. The first kappa shape index (κ1) is 6.50. The summed E-state index contributed by atoms with van der Waals surface area (Å²) < 4.78 is 0. The topological polar surface area (TPSA) is 32.3 Å². The normalized spacial score (nSPS) is 11.6. The molecule has 0 aliphatic carbocycles. The molecule has 0 saturated carbocycles. The van der Waals surface area contributed by atoms with Crippen LogP contribution in [-0.4, -0.2) is 18.8 Å². The molecule has 7 heavy (non-hydrogen) atoms. The Bertz CT molecular complexity index is 62.5. The lowest BCUT2D eigenvalue weighted by molar-refractivity contribution is 0.323. The summed E-state index contributed by atoms with van der Waals surface area (Å²) in [6, 6.07) is 0. The van der Waals surface area contributed by atoms with E-state index < -0.39 is 0 Å². The summed E-state index contributed by atoms with van der Waals surface area (Å²) in [6.45, 7) is 1.98. The van der Waals surface area contributed by atoms with E-state index in [9.17, 15) is 0 Å². The van der Waals surface area contributed by atoms with Crippen molar-refractivity contribution in [1.29, 1.82) is 0 Å². The van der Waals surface area contributed by atoms with Crippen molar-refractivity contribution in [2.45, 2.75) is 6.92 Å². The largest absolute Gasteiger partial charge is 0.390 e. The second-order valence-electron chi connectivity index (χ2n) is 1.22. The second-order valence-corrected chi connectivity index (χ2v) is 1.22. The van der Waals surface area contributed by atoms with Crippen molar-refractivity contribution in [2.75, 3.05) is 13.7 Å². The number of aliphatic hydroxyl groups is 1. The highest BCUT2D eigenvalue weighted by Gasteiger charge is 1.81. The Morgan fingerprint density at radius 2 is 2.43 bits per heavy atom. The number of hydrogen-bond donors (Lipinski definition) is 2. The Balaban J connectivity index is 3.38. The molecule has 0 bridgehead atoms. The van der Waals surface area contributed by atoms with Gasteiger partial charge in [0.25, 0.3) is 0 Å². The first-order valence-electron chi connectivity index (χ1n) is 2.29. The summed E-state index contributed by atoms with van der Waals surface area (Å²) in [7, 11) is 1.78. The molecule has 42 valence electrons. The molecular weight excluding hydrogens is 90.1 g/mol. The number of allylic oxidation sites excluding steroid dienone is 1. The van der Waals surface area contributed by atoms with Gasteiger partial charge in [-0.1, -0.05) is 6.08 Å². The van der Waals surface area contributed by atoms with Gasteiger partial charge < -0.3 is 10.4 Å². The molecule has 0 heterocycles. The van der Waals surface area contributed by atoms with Crippen LogP contribution in [-0.2, 0) is 0 Å². The Kier molecular flexibility index (Phi) is 3.42. The van der Waals surface area contributed by atoms with Crippen LogP contribution in [0.15, 0.2) is 11.8 Å². The maximum atomic E-state index is 8.40. The molecule has 0 aliphatic rings. The van der Waals surface area contributed by atoms with Gasteiger partial charge in [-0.15, -0.1) is 0 Å². The van der Waals surface area contributed by atoms with Crippen molar-refractivity contribution < 1.29 is 5.11 Å². The van der Waals surface area contributed by atoms with E-state index in [4.69, 9.17) is 5.11 Å². The standard InChI is InChI=1S/C5H11NO/c1-3-5(4-7)6-2/h3,6-7H,4H2,1-2H3. The fraction of sp³-hybridized carbons (Fsp3) is 0.600. The van der Waals surface area contributed by atoms with Crippen molar-refractivity contribution in [3.05, 3.63) is 11.8 Å². The SMILES string of the molecule is CC=C(CO)NC. The van der Waals surface area contributed by atoms with Crippen LogP contribution in [0.2, 0.25) is 0 Å². The molecule has 0 radical (unpaired) electrons. The molecule has 0 aromatic rings. The number of rotatable bonds is 2. The van der Waals surface area contributed by atoms with Gasteiger partial charge in [0.15, 0.2) is 0 Å². The van der Waals surface area contributed by atoms with E-state index >= 15 is 0 Å². The predicted octanol–water partition coefficient (Wildman–Crippen LogP) is 0.102. The molecule has 0 fully saturated rings. The molecule has 0 aromatic heterocycles. The number of nitrogens with one attached hydrogen (secondary N) is 1. The lowest BCUT2D eigenvalue weighted by atomic mass is 10.4. The summed E-state index contributed by atoms with van der Waals surface area (Å²) in [5.41, 5.74) is 0.861. The van der Waals surface area contributed by atoms with Gasteiger partial charge in [0.1, 0.15) is 0 Å². The molecule has 0 unspecified atom stereocenters. The fourth-order valence-corrected chi connectivity index (χ4v) is 0.315. The van der Waals surface area contributed by atoms with Crippen molar-refractivity contribution in [2.24, 2.45) is 0 Å². The molecule has 2 N–H and O–H groups in total. The van der Waals surface area contributed by atoms with E-state index in [1.165, 1.54) is 0 Å². The monoisotopic (exact) mass is 101 g/mol. The van der Waals surface area contributed by atoms with Crippen LogP contribution < -0.4 is 5.32 Å². The molecule has 2 nitrogen and oxygen atoms in total. The summed E-state index contributed by atoms with van der Waals surface area (Å²) >= 11 is 0. The third-order valence-corrected chi connectivity index (χ3v) is 0.840. The highest BCUT2D eigenvalue weighted by atomic mass is 16.3. The van der Waals surface area contributed by atoms with E-state index in [2.05, 4.69) is 5.32 Å². The molecule has 0 amide bonds. The molecule has 0 aromatic carbocycles. The third-order valence-electron chi connectivity index (χ3n) is 0.840. The minimum Gasteiger partial charge on any atom is -0.390 e. The van der Waals surface area contributed by atoms with E-state index in [1.807, 2.05) is 13.0 Å². The maximum absolute atomic E-state index is 8.40. The van der Waals surface area contributed by atoms with Gasteiger partial charge in [-0.25, -0.2) is 0 Å². The average Bonchev–Trinajstić information content (AvgIpc) is 1.72. The van der Waals surface area contributed by atoms with E-state index in [0.717, 1.165) is 5.70 Å². The van der Waals surface area contributed by atoms with Gasteiger partial charge >= 0.3 is 0 Å². The molecule has 2 heteroatoms. The average molecular weight is 101 g/mol. The van der Waals surface area contributed by atoms with E-state index in [0.29, 0.717) is 0 Å². The lowest BCUT2D eigenvalue weighted by Gasteiger charge is -1.97. The van der Waals surface area contributed by atoms with Gasteiger partial charge in [-0.2, -0.15) is 0 Å². The Morgan fingerprint density at radius 1 is 1.86 bits per heavy atom. The molecular formula is C5H11NO. The van der Waals surface area contributed by atoms with Crippen LogP contribution in [0.3, 0.4) is 0 Å². The summed E-state index contributed by atoms with van der Waals surface area (Å²) in [6.07, 6.45) is 1.83. The maximum Gasteiger partial charge on any atom is 0.0824 e. The van der Waals surface area contributed by atoms with Gasteiger partial charge in [0, 0.05) is 12.7 Å². The van der Waals surface area contributed by atoms with Crippen LogP contribution in [0.4, 0.5) is 0 Å². The first-order chi connectivity index (χ1) is 3.35. The van der Waals surface area contributed by atoms with Crippen molar-refractivity contribution in [3.8, 4) is 0 Å². The van der Waals surface area contributed by atoms with Gasteiger partial charge in [-0.3, -0.25) is 0 Å². The highest BCUT2D eigenvalue weighted by Crippen LogP contribution is 1.80. The molecule has 0 rings (SSSR count). The Hall–Kier alpha value is -0.500. The summed E-state index contributed by atoms with van der Waals surface area (Å²) in [5, 5.41) is 11.2. The Labute approximate surface area is 43.9 Å². The van der Waals surface area contributed by atoms with Crippen LogP contribution in [0.1, 0.15) is 6.92 Å². The number of aliphatic hydroxyl groups excluding tert-OH is 1. The molecule has 0 aliphatic heterocycles. The van der Waals surface area contributed by atoms with E-state index in [-0.39, 0.29) is 6.61 Å². The minimum atomic E-state index is 0.104. The second kappa shape index (κ2) is 3.68. The van der Waals surface area contributed by atoms with Crippen molar-refractivity contribution >= 4 is 0 Å². The predicted molar refractivity (Wildman–Crippen MR) is 29.9 cm³/mol. The van der Waals surface area contributed by atoms with Crippen molar-refractivity contribution in [1.82, 2.24) is 5.32 Å². The van der Waals surface area contributed by atoms with Gasteiger partial charge in [0.2, 0.25) is 0 Å². The molecule has 0 atom stereocenters.